The number of β-amino-alcohol motifs (C(OH)–C–C–N with tert-alkyl or cyclic N) is 1. The first-order valence-corrected chi connectivity index (χ1v) is 8.64. The summed E-state index contributed by atoms with van der Waals surface area (Å²) in [7, 11) is 0. The Morgan fingerprint density at radius 2 is 2.42 bits per heavy atom. The van der Waals surface area contributed by atoms with E-state index < -0.39 is 6.10 Å². The molecule has 1 aliphatic heterocycles. The number of ether oxygens (including phenoxy) is 1. The van der Waals surface area contributed by atoms with Crippen molar-refractivity contribution < 1.29 is 14.3 Å². The summed E-state index contributed by atoms with van der Waals surface area (Å²) in [5.74, 6) is 2.22. The van der Waals surface area contributed by atoms with E-state index in [-0.39, 0.29) is 0 Å². The van der Waals surface area contributed by atoms with E-state index >= 15 is 0 Å². The average Bonchev–Trinajstić information content (AvgIpc) is 3.26. The third-order valence-electron chi connectivity index (χ3n) is 4.46. The number of nitrogens with zero attached hydrogens (tertiary/aromatic N) is 4. The van der Waals surface area contributed by atoms with E-state index in [4.69, 9.17) is 9.15 Å². The lowest BCUT2D eigenvalue weighted by molar-refractivity contribution is 0.00101. The molecule has 2 aromatic heterocycles. The number of hydrogen-bond donors (Lipinski definition) is 1. The highest BCUT2D eigenvalue weighted by Crippen LogP contribution is 2.25. The molecular weight excluding hydrogens is 308 g/mol. The van der Waals surface area contributed by atoms with Gasteiger partial charge in [-0.3, -0.25) is 4.90 Å². The molecule has 1 N–H and O–H groups in total. The van der Waals surface area contributed by atoms with Crippen molar-refractivity contribution in [3.63, 3.8) is 0 Å². The van der Waals surface area contributed by atoms with Crippen LogP contribution in [-0.2, 0) is 17.9 Å². The van der Waals surface area contributed by atoms with E-state index in [1.165, 1.54) is 0 Å². The Labute approximate surface area is 142 Å². The predicted molar refractivity (Wildman–Crippen MR) is 88.5 cm³/mol. The average molecular weight is 334 g/mol. The van der Waals surface area contributed by atoms with E-state index in [2.05, 4.69) is 26.6 Å². The Morgan fingerprint density at radius 1 is 1.50 bits per heavy atom. The highest BCUT2D eigenvalue weighted by Gasteiger charge is 2.26. The van der Waals surface area contributed by atoms with Gasteiger partial charge in [0.2, 0.25) is 0 Å². The molecule has 0 aliphatic carbocycles. The molecule has 7 heteroatoms. The van der Waals surface area contributed by atoms with E-state index in [9.17, 15) is 5.11 Å². The standard InChI is InChI=1S/C17H26N4O3/c1-2-21-13-18-19-17(21)14-5-3-7-20(9-14)10-15(22)11-23-12-16-6-4-8-24-16/h4,6,8,13-15,22H,2-3,5,7,9-12H2,1H3. The summed E-state index contributed by atoms with van der Waals surface area (Å²) in [6.45, 7) is 6.24. The molecule has 132 valence electrons. The number of hydrogen-bond acceptors (Lipinski definition) is 6. The second kappa shape index (κ2) is 8.41. The summed E-state index contributed by atoms with van der Waals surface area (Å²) in [5, 5.41) is 18.5. The van der Waals surface area contributed by atoms with Gasteiger partial charge in [0.1, 0.15) is 24.5 Å². The van der Waals surface area contributed by atoms with Crippen LogP contribution in [0.4, 0.5) is 0 Å². The van der Waals surface area contributed by atoms with Crippen molar-refractivity contribution in [1.82, 2.24) is 19.7 Å². The summed E-state index contributed by atoms with van der Waals surface area (Å²) in [6.07, 6.45) is 5.16. The fourth-order valence-electron chi connectivity index (χ4n) is 3.30. The van der Waals surface area contributed by atoms with E-state index in [1.807, 2.05) is 12.1 Å². The molecule has 1 aliphatic rings. The molecule has 2 atom stereocenters. The van der Waals surface area contributed by atoms with Crippen molar-refractivity contribution in [3.8, 4) is 0 Å². The summed E-state index contributed by atoms with van der Waals surface area (Å²) >= 11 is 0. The minimum atomic E-state index is -0.497. The summed E-state index contributed by atoms with van der Waals surface area (Å²) in [4.78, 5) is 2.30. The van der Waals surface area contributed by atoms with Crippen molar-refractivity contribution in [2.24, 2.45) is 0 Å². The van der Waals surface area contributed by atoms with Crippen LogP contribution < -0.4 is 0 Å². The van der Waals surface area contributed by atoms with Crippen LogP contribution in [0, 0.1) is 0 Å². The number of aliphatic hydroxyl groups excluding tert-OH is 1. The summed E-state index contributed by atoms with van der Waals surface area (Å²) in [6, 6.07) is 3.70. The maximum absolute atomic E-state index is 10.2. The van der Waals surface area contributed by atoms with Crippen LogP contribution in [0.5, 0.6) is 0 Å². The zero-order chi connectivity index (χ0) is 16.8. The molecule has 0 radical (unpaired) electrons. The van der Waals surface area contributed by atoms with Gasteiger partial charge in [0.25, 0.3) is 0 Å². The van der Waals surface area contributed by atoms with Crippen LogP contribution in [0.2, 0.25) is 0 Å². The first-order valence-electron chi connectivity index (χ1n) is 8.64. The first-order chi connectivity index (χ1) is 11.8. The number of rotatable bonds is 8. The molecule has 0 spiro atoms. The lowest BCUT2D eigenvalue weighted by Gasteiger charge is -2.33. The van der Waals surface area contributed by atoms with Crippen LogP contribution in [0.25, 0.3) is 0 Å². The fraction of sp³-hybridized carbons (Fsp3) is 0.647. The molecule has 0 amide bonds. The molecule has 0 bridgehead atoms. The largest absolute Gasteiger partial charge is 0.467 e. The van der Waals surface area contributed by atoms with Gasteiger partial charge in [-0.1, -0.05) is 0 Å². The Bertz CT molecular complexity index is 599. The molecule has 3 heterocycles. The Hall–Kier alpha value is -1.70. The number of aromatic nitrogens is 3. The third-order valence-corrected chi connectivity index (χ3v) is 4.46. The molecule has 0 aromatic carbocycles. The minimum Gasteiger partial charge on any atom is -0.467 e. The van der Waals surface area contributed by atoms with Gasteiger partial charge in [0.15, 0.2) is 0 Å². The third kappa shape index (κ3) is 4.43. The number of aliphatic hydroxyl groups is 1. The summed E-state index contributed by atoms with van der Waals surface area (Å²) < 4.78 is 12.8. The van der Waals surface area contributed by atoms with Crippen molar-refractivity contribution in [1.29, 1.82) is 0 Å². The van der Waals surface area contributed by atoms with Gasteiger partial charge in [-0.2, -0.15) is 0 Å². The molecule has 0 saturated carbocycles. The van der Waals surface area contributed by atoms with Crippen molar-refractivity contribution >= 4 is 0 Å². The van der Waals surface area contributed by atoms with Crippen LogP contribution >= 0.6 is 0 Å². The minimum absolute atomic E-state index is 0.313. The zero-order valence-corrected chi connectivity index (χ0v) is 14.2. The normalized spacial score (nSPS) is 20.3. The van der Waals surface area contributed by atoms with Crippen LogP contribution in [0.3, 0.4) is 0 Å². The number of likely N-dealkylation sites (tertiary alicyclic amines) is 1. The second-order valence-electron chi connectivity index (χ2n) is 6.32. The molecule has 3 rings (SSSR count). The maximum Gasteiger partial charge on any atom is 0.137 e. The summed E-state index contributed by atoms with van der Waals surface area (Å²) in [5.41, 5.74) is 0. The molecular formula is C17H26N4O3. The molecule has 1 fully saturated rings. The van der Waals surface area contributed by atoms with Crippen molar-refractivity contribution in [3.05, 3.63) is 36.3 Å². The smallest absolute Gasteiger partial charge is 0.137 e. The second-order valence-corrected chi connectivity index (χ2v) is 6.32. The lowest BCUT2D eigenvalue weighted by Crippen LogP contribution is -2.41. The lowest BCUT2D eigenvalue weighted by atomic mass is 9.97. The van der Waals surface area contributed by atoms with Gasteiger partial charge >= 0.3 is 0 Å². The first kappa shape index (κ1) is 17.1. The molecule has 24 heavy (non-hydrogen) atoms. The van der Waals surface area contributed by atoms with Gasteiger partial charge in [0.05, 0.1) is 19.0 Å². The maximum atomic E-state index is 10.2. The van der Waals surface area contributed by atoms with Crippen LogP contribution in [-0.4, -0.2) is 57.1 Å². The predicted octanol–water partition coefficient (Wildman–Crippen LogP) is 1.65. The Balaban J connectivity index is 1.44. The van der Waals surface area contributed by atoms with Crippen LogP contribution in [0.15, 0.2) is 29.1 Å². The van der Waals surface area contributed by atoms with Crippen molar-refractivity contribution in [2.75, 3.05) is 26.2 Å². The molecule has 7 nitrogen and oxygen atoms in total. The topological polar surface area (TPSA) is 76.6 Å². The monoisotopic (exact) mass is 334 g/mol. The van der Waals surface area contributed by atoms with Gasteiger partial charge in [-0.25, -0.2) is 0 Å². The number of furan rings is 1. The van der Waals surface area contributed by atoms with Gasteiger partial charge < -0.3 is 18.8 Å². The zero-order valence-electron chi connectivity index (χ0n) is 14.2. The number of aryl methyl sites for hydroxylation is 1. The van der Waals surface area contributed by atoms with Crippen LogP contribution in [0.1, 0.15) is 37.3 Å². The van der Waals surface area contributed by atoms with E-state index in [1.54, 1.807) is 12.6 Å². The molecule has 2 aromatic rings. The van der Waals surface area contributed by atoms with Gasteiger partial charge in [-0.15, -0.1) is 10.2 Å². The van der Waals surface area contributed by atoms with Crippen molar-refractivity contribution in [2.45, 2.75) is 44.9 Å². The van der Waals surface area contributed by atoms with E-state index in [0.29, 0.717) is 25.7 Å². The van der Waals surface area contributed by atoms with E-state index in [0.717, 1.165) is 44.1 Å². The van der Waals surface area contributed by atoms with Gasteiger partial charge in [0, 0.05) is 25.6 Å². The highest BCUT2D eigenvalue weighted by molar-refractivity contribution is 5.00. The quantitative estimate of drug-likeness (QED) is 0.791. The molecule has 1 saturated heterocycles. The highest BCUT2D eigenvalue weighted by atomic mass is 16.5. The Kier molecular flexibility index (Phi) is 6.01. The Morgan fingerprint density at radius 3 is 3.21 bits per heavy atom. The number of piperidine rings is 1. The van der Waals surface area contributed by atoms with Gasteiger partial charge in [-0.05, 0) is 38.4 Å². The SMILES string of the molecule is CCn1cnnc1C1CCCN(CC(O)COCc2ccco2)C1. The molecule has 2 unspecified atom stereocenters. The fourth-order valence-corrected chi connectivity index (χ4v) is 3.30.